The van der Waals surface area contributed by atoms with Crippen molar-refractivity contribution in [2.45, 2.75) is 26.5 Å². The van der Waals surface area contributed by atoms with E-state index in [1.165, 1.54) is 29.6 Å². The average molecular weight is 470 g/mol. The molecule has 1 unspecified atom stereocenters. The van der Waals surface area contributed by atoms with Gasteiger partial charge >= 0.3 is 0 Å². The normalized spacial score (nSPS) is 11.7. The Balaban J connectivity index is 1.61. The summed E-state index contributed by atoms with van der Waals surface area (Å²) >= 11 is 14.9. The molecular formula is C19H17Cl2N3O3S2. The summed E-state index contributed by atoms with van der Waals surface area (Å²) < 4.78 is 5.62. The lowest BCUT2D eigenvalue weighted by atomic mass is 10.3. The van der Waals surface area contributed by atoms with Crippen LogP contribution >= 0.6 is 45.9 Å². The molecule has 1 atom stereocenters. The molecule has 0 saturated heterocycles. The van der Waals surface area contributed by atoms with Gasteiger partial charge in [-0.15, -0.1) is 22.7 Å². The number of amides is 2. The van der Waals surface area contributed by atoms with Gasteiger partial charge < -0.3 is 10.1 Å². The third kappa shape index (κ3) is 5.70. The van der Waals surface area contributed by atoms with E-state index in [1.807, 2.05) is 17.5 Å². The number of halogens is 2. The Hall–Kier alpha value is -2.13. The van der Waals surface area contributed by atoms with E-state index in [-0.39, 0.29) is 16.8 Å². The second-order valence-corrected chi connectivity index (χ2v) is 8.83. The molecule has 0 fully saturated rings. The van der Waals surface area contributed by atoms with Crippen molar-refractivity contribution in [3.8, 4) is 16.3 Å². The van der Waals surface area contributed by atoms with Gasteiger partial charge in [0.15, 0.2) is 11.2 Å². The summed E-state index contributed by atoms with van der Waals surface area (Å²) in [5.74, 6) is -0.0830. The number of benzene rings is 1. The number of ether oxygens (including phenoxy) is 1. The molecule has 10 heteroatoms. The summed E-state index contributed by atoms with van der Waals surface area (Å²) in [5, 5.41) is 8.46. The van der Waals surface area contributed by atoms with Crippen molar-refractivity contribution in [2.75, 3.05) is 5.32 Å². The van der Waals surface area contributed by atoms with Crippen LogP contribution in [0.15, 0.2) is 35.7 Å². The molecule has 2 amide bonds. The molecule has 0 saturated carbocycles. The fourth-order valence-corrected chi connectivity index (χ4v) is 4.33. The zero-order valence-corrected chi connectivity index (χ0v) is 18.6. The Labute approximate surface area is 185 Å². The molecule has 2 N–H and O–H groups in total. The smallest absolute Gasteiger partial charge is 0.266 e. The molecule has 0 aliphatic heterocycles. The minimum Gasteiger partial charge on any atom is -0.479 e. The Morgan fingerprint density at radius 3 is 2.79 bits per heavy atom. The first kappa shape index (κ1) is 21.6. The topological polar surface area (TPSA) is 80.3 Å². The highest BCUT2D eigenvalue weighted by atomic mass is 35.5. The van der Waals surface area contributed by atoms with Crippen LogP contribution in [-0.2, 0) is 16.1 Å². The van der Waals surface area contributed by atoms with Crippen LogP contribution in [0, 0.1) is 0 Å². The SMILES string of the molecule is CC(=O)NCc1ccc(-c2csc(NC(=O)C(C)Oc3cccc(Cl)c3Cl)n2)s1. The van der Waals surface area contributed by atoms with Crippen molar-refractivity contribution in [1.29, 1.82) is 0 Å². The van der Waals surface area contributed by atoms with E-state index in [1.54, 1.807) is 25.1 Å². The summed E-state index contributed by atoms with van der Waals surface area (Å²) in [6.07, 6.45) is -0.788. The largest absolute Gasteiger partial charge is 0.479 e. The molecule has 0 bridgehead atoms. The molecule has 29 heavy (non-hydrogen) atoms. The molecule has 152 valence electrons. The van der Waals surface area contributed by atoms with E-state index < -0.39 is 6.10 Å². The molecule has 2 aromatic heterocycles. The van der Waals surface area contributed by atoms with Crippen molar-refractivity contribution in [3.63, 3.8) is 0 Å². The van der Waals surface area contributed by atoms with Crippen LogP contribution in [-0.4, -0.2) is 22.9 Å². The fourth-order valence-electron chi connectivity index (χ4n) is 2.29. The molecule has 3 aromatic rings. The second-order valence-electron chi connectivity index (χ2n) is 6.01. The Morgan fingerprint density at radius 2 is 2.03 bits per heavy atom. The van der Waals surface area contributed by atoms with Crippen molar-refractivity contribution < 1.29 is 14.3 Å². The lowest BCUT2D eigenvalue weighted by Gasteiger charge is -2.15. The number of carbonyl (C=O) groups excluding carboxylic acids is 2. The Morgan fingerprint density at radius 1 is 1.24 bits per heavy atom. The van der Waals surface area contributed by atoms with Gasteiger partial charge in [-0.2, -0.15) is 0 Å². The summed E-state index contributed by atoms with van der Waals surface area (Å²) in [6.45, 7) is 3.58. The molecule has 1 aromatic carbocycles. The van der Waals surface area contributed by atoms with Gasteiger partial charge in [-0.25, -0.2) is 4.98 Å². The first-order valence-electron chi connectivity index (χ1n) is 8.54. The first-order chi connectivity index (χ1) is 13.8. The van der Waals surface area contributed by atoms with E-state index in [0.29, 0.717) is 22.4 Å². The van der Waals surface area contributed by atoms with Crippen LogP contribution in [0.5, 0.6) is 5.75 Å². The molecular weight excluding hydrogens is 453 g/mol. The van der Waals surface area contributed by atoms with Gasteiger partial charge in [0.2, 0.25) is 5.91 Å². The standard InChI is InChI=1S/C19H17Cl2N3O3S2/c1-10(27-15-5-3-4-13(20)17(15)21)18(26)24-19-23-14(9-28-19)16-7-6-12(29-16)8-22-11(2)25/h3-7,9-10H,8H2,1-2H3,(H,22,25)(H,23,24,26). The fraction of sp³-hybridized carbons (Fsp3) is 0.211. The number of thiophene rings is 1. The number of anilines is 1. The highest BCUT2D eigenvalue weighted by Crippen LogP contribution is 2.33. The van der Waals surface area contributed by atoms with Gasteiger partial charge in [0.1, 0.15) is 10.8 Å². The van der Waals surface area contributed by atoms with Crippen LogP contribution in [0.3, 0.4) is 0 Å². The molecule has 0 aliphatic rings. The summed E-state index contributed by atoms with van der Waals surface area (Å²) in [7, 11) is 0. The second kappa shape index (κ2) is 9.58. The number of nitrogens with zero attached hydrogens (tertiary/aromatic N) is 1. The maximum atomic E-state index is 12.4. The average Bonchev–Trinajstić information content (AvgIpc) is 3.33. The lowest BCUT2D eigenvalue weighted by Crippen LogP contribution is -2.30. The highest BCUT2D eigenvalue weighted by molar-refractivity contribution is 7.17. The van der Waals surface area contributed by atoms with E-state index in [2.05, 4.69) is 15.6 Å². The molecule has 0 aliphatic carbocycles. The van der Waals surface area contributed by atoms with Crippen LogP contribution in [0.4, 0.5) is 5.13 Å². The van der Waals surface area contributed by atoms with Crippen molar-refractivity contribution in [1.82, 2.24) is 10.3 Å². The molecule has 0 radical (unpaired) electrons. The zero-order valence-electron chi connectivity index (χ0n) is 15.5. The van der Waals surface area contributed by atoms with Gasteiger partial charge in [0, 0.05) is 17.2 Å². The number of nitrogens with one attached hydrogen (secondary N) is 2. The third-order valence-electron chi connectivity index (χ3n) is 3.75. The quantitative estimate of drug-likeness (QED) is 0.496. The van der Waals surface area contributed by atoms with Crippen molar-refractivity contribution >= 4 is 62.8 Å². The number of rotatable bonds is 7. The van der Waals surface area contributed by atoms with Crippen LogP contribution < -0.4 is 15.4 Å². The van der Waals surface area contributed by atoms with E-state index >= 15 is 0 Å². The van der Waals surface area contributed by atoms with E-state index in [0.717, 1.165) is 15.4 Å². The maximum absolute atomic E-state index is 12.4. The van der Waals surface area contributed by atoms with Crippen molar-refractivity contribution in [3.05, 3.63) is 50.6 Å². The predicted octanol–water partition coefficient (Wildman–Crippen LogP) is 5.22. The number of thiazole rings is 1. The van der Waals surface area contributed by atoms with Crippen LogP contribution in [0.25, 0.3) is 10.6 Å². The van der Waals surface area contributed by atoms with E-state index in [4.69, 9.17) is 27.9 Å². The molecule has 2 heterocycles. The number of carbonyl (C=O) groups is 2. The third-order valence-corrected chi connectivity index (χ3v) is 6.42. The van der Waals surface area contributed by atoms with Crippen molar-refractivity contribution in [2.24, 2.45) is 0 Å². The van der Waals surface area contributed by atoms with Crippen LogP contribution in [0.1, 0.15) is 18.7 Å². The number of hydrogen-bond donors (Lipinski definition) is 2. The first-order valence-corrected chi connectivity index (χ1v) is 11.0. The number of hydrogen-bond acceptors (Lipinski definition) is 6. The van der Waals surface area contributed by atoms with Gasteiger partial charge in [0.25, 0.3) is 5.91 Å². The van der Waals surface area contributed by atoms with Crippen LogP contribution in [0.2, 0.25) is 10.0 Å². The minimum absolute atomic E-state index is 0.0750. The van der Waals surface area contributed by atoms with Gasteiger partial charge in [0.05, 0.1) is 22.1 Å². The van der Waals surface area contributed by atoms with E-state index in [9.17, 15) is 9.59 Å². The summed E-state index contributed by atoms with van der Waals surface area (Å²) in [4.78, 5) is 29.9. The van der Waals surface area contributed by atoms with Gasteiger partial charge in [-0.1, -0.05) is 29.3 Å². The molecule has 6 nitrogen and oxygen atoms in total. The lowest BCUT2D eigenvalue weighted by molar-refractivity contribution is -0.122. The zero-order chi connectivity index (χ0) is 21.0. The van der Waals surface area contributed by atoms with Gasteiger partial charge in [-0.3, -0.25) is 14.9 Å². The highest BCUT2D eigenvalue weighted by Gasteiger charge is 2.19. The predicted molar refractivity (Wildman–Crippen MR) is 118 cm³/mol. The molecule has 3 rings (SSSR count). The summed E-state index contributed by atoms with van der Waals surface area (Å²) in [5.41, 5.74) is 0.760. The Kier molecular flexibility index (Phi) is 7.13. The minimum atomic E-state index is -0.788. The maximum Gasteiger partial charge on any atom is 0.266 e. The number of aromatic nitrogens is 1. The molecule has 0 spiro atoms. The van der Waals surface area contributed by atoms with Gasteiger partial charge in [-0.05, 0) is 31.2 Å². The monoisotopic (exact) mass is 469 g/mol. The summed E-state index contributed by atoms with van der Waals surface area (Å²) in [6, 6.07) is 8.87. The Bertz CT molecular complexity index is 1040.